The van der Waals surface area contributed by atoms with Crippen LogP contribution in [0.2, 0.25) is 0 Å². The van der Waals surface area contributed by atoms with E-state index in [2.05, 4.69) is 21.2 Å². The lowest BCUT2D eigenvalue weighted by molar-refractivity contribution is -0.126. The van der Waals surface area contributed by atoms with Crippen LogP contribution in [0.5, 0.6) is 0 Å². The lowest BCUT2D eigenvalue weighted by Crippen LogP contribution is -2.54. The Balaban J connectivity index is 2.49. The lowest BCUT2D eigenvalue weighted by atomic mass is 9.90. The van der Waals surface area contributed by atoms with Crippen molar-refractivity contribution in [2.75, 3.05) is 46.9 Å². The summed E-state index contributed by atoms with van der Waals surface area (Å²) < 4.78 is 5.69. The number of carbonyl (C=O) groups excluding carboxylic acids is 1. The summed E-state index contributed by atoms with van der Waals surface area (Å²) in [6.07, 6.45) is 0.133. The van der Waals surface area contributed by atoms with Gasteiger partial charge in [-0.2, -0.15) is 5.26 Å². The van der Waals surface area contributed by atoms with Crippen LogP contribution in [-0.2, 0) is 9.53 Å². The molecule has 0 aromatic heterocycles. The fraction of sp³-hybridized carbons (Fsp3) is 0.867. The highest BCUT2D eigenvalue weighted by Gasteiger charge is 2.31. The molecule has 0 saturated carbocycles. The number of morpholine rings is 1. The van der Waals surface area contributed by atoms with Crippen LogP contribution in [0.25, 0.3) is 0 Å². The van der Waals surface area contributed by atoms with Crippen molar-refractivity contribution in [3.63, 3.8) is 0 Å². The van der Waals surface area contributed by atoms with Crippen molar-refractivity contribution in [3.8, 4) is 6.07 Å². The molecular formula is C15H28N4O2. The first-order valence-electron chi connectivity index (χ1n) is 7.47. The number of likely N-dealkylation sites (N-methyl/N-ethyl adjacent to an activating group) is 1. The van der Waals surface area contributed by atoms with Gasteiger partial charge in [0.15, 0.2) is 0 Å². The number of nitriles is 1. The Kier molecular flexibility index (Phi) is 6.59. The van der Waals surface area contributed by atoms with E-state index < -0.39 is 5.54 Å². The summed E-state index contributed by atoms with van der Waals surface area (Å²) in [5.41, 5.74) is -0.813. The number of hydrogen-bond donors (Lipinski definition) is 1. The Morgan fingerprint density at radius 1 is 1.57 bits per heavy atom. The molecule has 1 aliphatic rings. The van der Waals surface area contributed by atoms with Gasteiger partial charge in [0.2, 0.25) is 5.91 Å². The average molecular weight is 296 g/mol. The second kappa shape index (κ2) is 7.74. The molecule has 2 atom stereocenters. The highest BCUT2D eigenvalue weighted by molar-refractivity contribution is 5.79. The van der Waals surface area contributed by atoms with Crippen LogP contribution in [0.1, 0.15) is 20.8 Å². The summed E-state index contributed by atoms with van der Waals surface area (Å²) >= 11 is 0. The summed E-state index contributed by atoms with van der Waals surface area (Å²) in [6.45, 7) is 8.95. The molecule has 0 radical (unpaired) electrons. The second-order valence-electron chi connectivity index (χ2n) is 6.51. The van der Waals surface area contributed by atoms with Crippen LogP contribution in [0.3, 0.4) is 0 Å². The zero-order valence-corrected chi connectivity index (χ0v) is 13.8. The number of amides is 1. The number of hydrogen-bond acceptors (Lipinski definition) is 5. The van der Waals surface area contributed by atoms with Gasteiger partial charge in [-0.25, -0.2) is 0 Å². The van der Waals surface area contributed by atoms with Crippen LogP contribution in [0.15, 0.2) is 0 Å². The molecule has 6 nitrogen and oxygen atoms in total. The third-order valence-electron chi connectivity index (χ3n) is 3.94. The molecule has 120 valence electrons. The number of nitrogens with one attached hydrogen (secondary N) is 1. The SMILES string of the molecule is CC(C)[C@](C)(C#N)NC(=O)CN1CCO[C@@H](CN(C)C)C1. The minimum absolute atomic E-state index is 0.0672. The molecule has 0 spiro atoms. The number of ether oxygens (including phenoxy) is 1. The van der Waals surface area contributed by atoms with E-state index >= 15 is 0 Å². The van der Waals surface area contributed by atoms with Gasteiger partial charge in [-0.15, -0.1) is 0 Å². The van der Waals surface area contributed by atoms with E-state index in [4.69, 9.17) is 4.74 Å². The maximum Gasteiger partial charge on any atom is 0.235 e. The zero-order chi connectivity index (χ0) is 16.0. The Bertz CT molecular complexity index is 392. The van der Waals surface area contributed by atoms with Gasteiger partial charge < -0.3 is 15.0 Å². The van der Waals surface area contributed by atoms with Gasteiger partial charge in [-0.3, -0.25) is 9.69 Å². The first-order valence-corrected chi connectivity index (χ1v) is 7.47. The van der Waals surface area contributed by atoms with Gasteiger partial charge in [0.1, 0.15) is 5.54 Å². The van der Waals surface area contributed by atoms with Crippen molar-refractivity contribution < 1.29 is 9.53 Å². The van der Waals surface area contributed by atoms with E-state index in [-0.39, 0.29) is 17.9 Å². The molecular weight excluding hydrogens is 268 g/mol. The molecule has 1 fully saturated rings. The summed E-state index contributed by atoms with van der Waals surface area (Å²) in [4.78, 5) is 16.3. The van der Waals surface area contributed by atoms with Crippen LogP contribution < -0.4 is 5.32 Å². The van der Waals surface area contributed by atoms with Crippen molar-refractivity contribution in [3.05, 3.63) is 0 Å². The predicted octanol–water partition coefficient (Wildman–Crippen LogP) is 0.303. The fourth-order valence-corrected chi connectivity index (χ4v) is 2.28. The van der Waals surface area contributed by atoms with Crippen LogP contribution in [0, 0.1) is 17.2 Å². The third kappa shape index (κ3) is 5.62. The topological polar surface area (TPSA) is 68.6 Å². The lowest BCUT2D eigenvalue weighted by Gasteiger charge is -2.34. The standard InChI is InChI=1S/C15H28N4O2/c1-12(2)15(3,11-16)17-14(20)10-19-6-7-21-13(9-19)8-18(4)5/h12-13H,6-10H2,1-5H3,(H,17,20)/t13-,15-/m0/s1. The number of carbonyl (C=O) groups is 1. The maximum absolute atomic E-state index is 12.2. The van der Waals surface area contributed by atoms with Crippen LogP contribution >= 0.6 is 0 Å². The normalized spacial score (nSPS) is 22.9. The van der Waals surface area contributed by atoms with Gasteiger partial charge in [0.05, 0.1) is 25.3 Å². The van der Waals surface area contributed by atoms with Gasteiger partial charge in [-0.1, -0.05) is 13.8 Å². The summed E-state index contributed by atoms with van der Waals surface area (Å²) in [6, 6.07) is 2.20. The smallest absolute Gasteiger partial charge is 0.235 e. The molecule has 1 saturated heterocycles. The van der Waals surface area contributed by atoms with E-state index in [1.807, 2.05) is 27.9 Å². The van der Waals surface area contributed by atoms with Gasteiger partial charge in [0, 0.05) is 19.6 Å². The van der Waals surface area contributed by atoms with Crippen LogP contribution in [-0.4, -0.2) is 74.2 Å². The van der Waals surface area contributed by atoms with Crippen molar-refractivity contribution >= 4 is 5.91 Å². The van der Waals surface area contributed by atoms with Crippen molar-refractivity contribution in [1.29, 1.82) is 5.26 Å². The molecule has 1 amide bonds. The minimum Gasteiger partial charge on any atom is -0.374 e. The number of rotatable bonds is 6. The second-order valence-corrected chi connectivity index (χ2v) is 6.51. The molecule has 0 bridgehead atoms. The zero-order valence-electron chi connectivity index (χ0n) is 13.8. The molecule has 21 heavy (non-hydrogen) atoms. The predicted molar refractivity (Wildman–Crippen MR) is 81.7 cm³/mol. The van der Waals surface area contributed by atoms with Crippen LogP contribution in [0.4, 0.5) is 0 Å². The molecule has 1 heterocycles. The molecule has 1 rings (SSSR count). The van der Waals surface area contributed by atoms with E-state index in [0.717, 1.165) is 19.6 Å². The first-order chi connectivity index (χ1) is 9.76. The largest absolute Gasteiger partial charge is 0.374 e. The Morgan fingerprint density at radius 3 is 2.76 bits per heavy atom. The molecule has 6 heteroatoms. The minimum atomic E-state index is -0.813. The van der Waals surface area contributed by atoms with Gasteiger partial charge in [0.25, 0.3) is 0 Å². The van der Waals surface area contributed by atoms with Crippen molar-refractivity contribution in [1.82, 2.24) is 15.1 Å². The molecule has 0 aromatic carbocycles. The first kappa shape index (κ1) is 17.9. The van der Waals surface area contributed by atoms with Gasteiger partial charge in [-0.05, 0) is 26.9 Å². The molecule has 1 aliphatic heterocycles. The summed E-state index contributed by atoms with van der Waals surface area (Å²) in [7, 11) is 4.02. The van der Waals surface area contributed by atoms with E-state index in [1.54, 1.807) is 6.92 Å². The molecule has 0 unspecified atom stereocenters. The van der Waals surface area contributed by atoms with E-state index in [9.17, 15) is 10.1 Å². The Hall–Kier alpha value is -1.16. The highest BCUT2D eigenvalue weighted by Crippen LogP contribution is 2.15. The quantitative estimate of drug-likeness (QED) is 0.764. The van der Waals surface area contributed by atoms with Gasteiger partial charge >= 0.3 is 0 Å². The highest BCUT2D eigenvalue weighted by atomic mass is 16.5. The van der Waals surface area contributed by atoms with Crippen molar-refractivity contribution in [2.45, 2.75) is 32.4 Å². The van der Waals surface area contributed by atoms with Crippen molar-refractivity contribution in [2.24, 2.45) is 5.92 Å². The Morgan fingerprint density at radius 2 is 2.24 bits per heavy atom. The summed E-state index contributed by atoms with van der Waals surface area (Å²) in [5.74, 6) is -0.0316. The van der Waals surface area contributed by atoms with E-state index in [0.29, 0.717) is 13.2 Å². The third-order valence-corrected chi connectivity index (χ3v) is 3.94. The maximum atomic E-state index is 12.2. The van der Waals surface area contributed by atoms with E-state index in [1.165, 1.54) is 0 Å². The Labute approximate surface area is 128 Å². The average Bonchev–Trinajstić information content (AvgIpc) is 2.37. The molecule has 1 N–H and O–H groups in total. The monoisotopic (exact) mass is 296 g/mol. The summed E-state index contributed by atoms with van der Waals surface area (Å²) in [5, 5.41) is 12.1. The fourth-order valence-electron chi connectivity index (χ4n) is 2.28. The molecule has 0 aliphatic carbocycles. The number of nitrogens with zero attached hydrogens (tertiary/aromatic N) is 3. The molecule has 0 aromatic rings.